The zero-order valence-corrected chi connectivity index (χ0v) is 15.8. The molecule has 1 amide bonds. The summed E-state index contributed by atoms with van der Waals surface area (Å²) in [5, 5.41) is 2.81. The molecule has 12 heteroatoms. The molecule has 1 aromatic heterocycles. The molecule has 1 atom stereocenters. The number of carbonyl (C=O) groups is 1. The van der Waals surface area contributed by atoms with Crippen molar-refractivity contribution in [1.82, 2.24) is 9.78 Å². The lowest BCUT2D eigenvalue weighted by Gasteiger charge is -2.22. The lowest BCUT2D eigenvalue weighted by atomic mass is 9.92. The van der Waals surface area contributed by atoms with E-state index in [4.69, 9.17) is 5.73 Å². The Morgan fingerprint density at radius 1 is 1.03 bits per heavy atom. The second-order valence-corrected chi connectivity index (χ2v) is 7.42. The molecular weight excluding hydrogens is 447 g/mol. The number of hydrogen-bond donors (Lipinski definition) is 1. The van der Waals surface area contributed by atoms with E-state index in [2.05, 4.69) is 5.10 Å². The quantitative estimate of drug-likeness (QED) is 0.597. The average molecular weight is 459 g/mol. The van der Waals surface area contributed by atoms with Gasteiger partial charge in [-0.25, -0.2) is 22.2 Å². The Labute approximate surface area is 174 Å². The third-order valence-electron chi connectivity index (χ3n) is 5.21. The van der Waals surface area contributed by atoms with Gasteiger partial charge in [0.05, 0.1) is 16.8 Å². The first-order valence-corrected chi connectivity index (χ1v) is 9.18. The summed E-state index contributed by atoms with van der Waals surface area (Å²) in [7, 11) is 0. The summed E-state index contributed by atoms with van der Waals surface area (Å²) in [5.41, 5.74) is 0.230. The summed E-state index contributed by atoms with van der Waals surface area (Å²) in [6, 6.07) is 1.59. The molecule has 0 spiro atoms. The smallest absolute Gasteiger partial charge is 0.364 e. The molecule has 1 fully saturated rings. The van der Waals surface area contributed by atoms with Crippen LogP contribution in [0.3, 0.4) is 0 Å². The monoisotopic (exact) mass is 459 g/mol. The predicted octanol–water partition coefficient (Wildman–Crippen LogP) is 4.10. The molecule has 0 aliphatic heterocycles. The Balaban J connectivity index is 2.12. The Bertz CT molecular complexity index is 1310. The second-order valence-electron chi connectivity index (χ2n) is 7.42. The van der Waals surface area contributed by atoms with Gasteiger partial charge in [-0.1, -0.05) is 0 Å². The number of benzene rings is 2. The van der Waals surface area contributed by atoms with E-state index in [1.165, 1.54) is 0 Å². The highest BCUT2D eigenvalue weighted by molar-refractivity contribution is 5.94. The Morgan fingerprint density at radius 2 is 1.62 bits per heavy atom. The van der Waals surface area contributed by atoms with E-state index in [-0.39, 0.29) is 25.0 Å². The molecule has 3 aromatic rings. The molecule has 0 saturated heterocycles. The summed E-state index contributed by atoms with van der Waals surface area (Å²) in [6.07, 6.45) is -4.46. The molecule has 5 nitrogen and oxygen atoms in total. The highest BCUT2D eigenvalue weighted by atomic mass is 19.4. The number of alkyl halides is 3. The Morgan fingerprint density at radius 3 is 2.12 bits per heavy atom. The predicted molar refractivity (Wildman–Crippen MR) is 97.2 cm³/mol. The molecule has 1 heterocycles. The van der Waals surface area contributed by atoms with Gasteiger partial charge >= 0.3 is 6.18 Å². The minimum atomic E-state index is -4.84. The van der Waals surface area contributed by atoms with Crippen LogP contribution in [0.15, 0.2) is 29.1 Å². The third kappa shape index (κ3) is 3.59. The van der Waals surface area contributed by atoms with Crippen molar-refractivity contribution in [2.45, 2.75) is 24.9 Å². The number of halogens is 7. The van der Waals surface area contributed by atoms with Crippen molar-refractivity contribution in [3.63, 3.8) is 0 Å². The van der Waals surface area contributed by atoms with Gasteiger partial charge in [-0.2, -0.15) is 18.3 Å². The molecule has 0 unspecified atom stereocenters. The van der Waals surface area contributed by atoms with Crippen molar-refractivity contribution in [2.75, 3.05) is 0 Å². The first-order chi connectivity index (χ1) is 14.9. The second kappa shape index (κ2) is 7.31. The molecule has 4 rings (SSSR count). The molecule has 1 aliphatic rings. The van der Waals surface area contributed by atoms with Crippen LogP contribution >= 0.6 is 0 Å². The van der Waals surface area contributed by atoms with Crippen LogP contribution in [0.25, 0.3) is 16.6 Å². The van der Waals surface area contributed by atoms with Gasteiger partial charge in [0.15, 0.2) is 17.3 Å². The topological polar surface area (TPSA) is 78.0 Å². The van der Waals surface area contributed by atoms with Gasteiger partial charge < -0.3 is 5.73 Å². The van der Waals surface area contributed by atoms with Crippen LogP contribution < -0.4 is 11.2 Å². The van der Waals surface area contributed by atoms with Crippen molar-refractivity contribution in [1.29, 1.82) is 0 Å². The number of aromatic nitrogens is 2. The zero-order valence-electron chi connectivity index (χ0n) is 15.8. The van der Waals surface area contributed by atoms with E-state index < -0.39 is 80.5 Å². The number of fused-ring (bicyclic) bond motifs is 1. The lowest BCUT2D eigenvalue weighted by Crippen LogP contribution is -2.28. The molecular formula is C20H12F7N3O2. The average Bonchev–Trinajstić information content (AvgIpc) is 3.47. The summed E-state index contributed by atoms with van der Waals surface area (Å²) < 4.78 is 98.2. The van der Waals surface area contributed by atoms with Crippen molar-refractivity contribution in [3.05, 3.63) is 69.0 Å². The van der Waals surface area contributed by atoms with Gasteiger partial charge in [-0.3, -0.25) is 9.59 Å². The number of nitrogens with zero attached hydrogens (tertiary/aromatic N) is 2. The van der Waals surface area contributed by atoms with Gasteiger partial charge in [0.2, 0.25) is 5.43 Å². The highest BCUT2D eigenvalue weighted by Gasteiger charge is 2.50. The molecule has 0 radical (unpaired) electrons. The van der Waals surface area contributed by atoms with Crippen LogP contribution in [-0.4, -0.2) is 21.9 Å². The summed E-state index contributed by atoms with van der Waals surface area (Å²) >= 11 is 0. The fourth-order valence-corrected chi connectivity index (χ4v) is 3.70. The van der Waals surface area contributed by atoms with Crippen LogP contribution in [0.1, 0.15) is 34.8 Å². The zero-order chi connectivity index (χ0) is 23.5. The molecule has 1 saturated carbocycles. The van der Waals surface area contributed by atoms with Gasteiger partial charge in [0.25, 0.3) is 5.91 Å². The number of rotatable bonds is 4. The number of amides is 1. The number of hydrogen-bond acceptors (Lipinski definition) is 3. The van der Waals surface area contributed by atoms with Crippen molar-refractivity contribution >= 4 is 16.8 Å². The van der Waals surface area contributed by atoms with E-state index in [1.807, 2.05) is 0 Å². The molecule has 32 heavy (non-hydrogen) atoms. The first kappa shape index (κ1) is 21.8. The molecule has 0 bridgehead atoms. The van der Waals surface area contributed by atoms with Gasteiger partial charge in [-0.15, -0.1) is 0 Å². The Kier molecular flexibility index (Phi) is 4.98. The maximum absolute atomic E-state index is 14.8. The highest BCUT2D eigenvalue weighted by Crippen LogP contribution is 2.51. The van der Waals surface area contributed by atoms with Gasteiger partial charge in [-0.05, 0) is 30.9 Å². The van der Waals surface area contributed by atoms with Crippen LogP contribution in [0.5, 0.6) is 0 Å². The minimum absolute atomic E-state index is 0.189. The number of nitrogens with two attached hydrogens (primary N) is 1. The van der Waals surface area contributed by atoms with E-state index in [1.54, 1.807) is 0 Å². The lowest BCUT2D eigenvalue weighted by molar-refractivity contribution is -0.155. The maximum Gasteiger partial charge on any atom is 0.396 e. The summed E-state index contributed by atoms with van der Waals surface area (Å²) in [5.74, 6) is -10.3. The van der Waals surface area contributed by atoms with Crippen LogP contribution in [0.4, 0.5) is 30.7 Å². The van der Waals surface area contributed by atoms with Crippen LogP contribution in [0, 0.1) is 29.2 Å². The Hall–Kier alpha value is -3.44. The first-order valence-electron chi connectivity index (χ1n) is 9.18. The maximum atomic E-state index is 14.8. The third-order valence-corrected chi connectivity index (χ3v) is 5.21. The van der Waals surface area contributed by atoms with Crippen molar-refractivity contribution in [2.24, 2.45) is 11.7 Å². The van der Waals surface area contributed by atoms with E-state index >= 15 is 0 Å². The minimum Gasteiger partial charge on any atom is -0.364 e. The normalized spacial score (nSPS) is 15.2. The van der Waals surface area contributed by atoms with E-state index in [9.17, 15) is 40.3 Å². The molecule has 2 N–H and O–H groups in total. The molecule has 168 valence electrons. The molecule has 1 aliphatic carbocycles. The summed E-state index contributed by atoms with van der Waals surface area (Å²) in [6.45, 7) is 0. The summed E-state index contributed by atoms with van der Waals surface area (Å²) in [4.78, 5) is 24.2. The van der Waals surface area contributed by atoms with Crippen molar-refractivity contribution in [3.8, 4) is 5.69 Å². The number of primary amides is 1. The fourth-order valence-electron chi connectivity index (χ4n) is 3.70. The van der Waals surface area contributed by atoms with Gasteiger partial charge in [0, 0.05) is 17.7 Å². The van der Waals surface area contributed by atoms with Crippen LogP contribution in [-0.2, 0) is 0 Å². The van der Waals surface area contributed by atoms with E-state index in [0.717, 1.165) is 0 Å². The van der Waals surface area contributed by atoms with E-state index in [0.29, 0.717) is 16.8 Å². The molecule has 2 aromatic carbocycles. The largest absolute Gasteiger partial charge is 0.396 e. The van der Waals surface area contributed by atoms with Gasteiger partial charge in [0.1, 0.15) is 17.3 Å². The SMILES string of the molecule is NC(=O)c1nn(-c2c(F)cc(F)cc2F)c2cc([C@H](C3CC3)C(F)(F)F)c(F)cc2c1=O. The van der Waals surface area contributed by atoms with Crippen LogP contribution in [0.2, 0.25) is 0 Å². The standard InChI is InChI=1S/C20H12F7N3O2/c21-8-3-12(23)17(13(24)4-8)30-14-6-9(15(7-1-2-7)20(25,26)27)11(22)5-10(14)18(31)16(29-30)19(28)32/h3-7,15H,1-2H2,(H2,28,32)/t15-/m0/s1. The van der Waals surface area contributed by atoms with Crippen molar-refractivity contribution < 1.29 is 35.5 Å². The number of carbonyl (C=O) groups excluding carboxylic acids is 1. The fraction of sp³-hybridized carbons (Fsp3) is 0.250.